The summed E-state index contributed by atoms with van der Waals surface area (Å²) < 4.78 is 13.8. The fourth-order valence-electron chi connectivity index (χ4n) is 6.37. The van der Waals surface area contributed by atoms with Gasteiger partial charge in [-0.1, -0.05) is 182 Å². The molecule has 6 rings (SSSR count). The fraction of sp³-hybridized carbons (Fsp3) is 0.0930. The van der Waals surface area contributed by atoms with Crippen molar-refractivity contribution >= 4 is 65.0 Å². The van der Waals surface area contributed by atoms with Gasteiger partial charge >= 0.3 is 16.6 Å². The van der Waals surface area contributed by atoms with Gasteiger partial charge in [0.15, 0.2) is 0 Å². The van der Waals surface area contributed by atoms with Gasteiger partial charge in [-0.15, -0.1) is 10.3 Å². The molecule has 50 heavy (non-hydrogen) atoms. The average Bonchev–Trinajstić information content (AvgIpc) is 3.18. The number of benzene rings is 6. The largest absolute Gasteiger partial charge is 0.438 e. The molecule has 0 aliphatic rings. The second-order valence-electron chi connectivity index (χ2n) is 12.3. The van der Waals surface area contributed by atoms with Crippen LogP contribution < -0.4 is 31.1 Å². The predicted octanol–water partition coefficient (Wildman–Crippen LogP) is 5.45. The van der Waals surface area contributed by atoms with Gasteiger partial charge in [-0.2, -0.15) is 0 Å². The Morgan fingerprint density at radius 3 is 0.940 bits per heavy atom. The number of ketones is 1. The summed E-state index contributed by atoms with van der Waals surface area (Å²) in [6.45, 7) is 3.50. The van der Waals surface area contributed by atoms with E-state index in [9.17, 15) is 4.79 Å². The number of Topliss-reactive ketones (excluding diaryl/α,β-unsaturated/α-hetero) is 1. The van der Waals surface area contributed by atoms with E-state index >= 15 is 0 Å². The van der Waals surface area contributed by atoms with Crippen LogP contribution in [0.2, 0.25) is 0 Å². The molecule has 6 aromatic carbocycles. The topological polar surface area (TPSA) is 60.2 Å². The van der Waals surface area contributed by atoms with Gasteiger partial charge in [0.05, 0.1) is 11.4 Å². The minimum atomic E-state index is -3.13. The van der Waals surface area contributed by atoms with Crippen molar-refractivity contribution in [2.75, 3.05) is 0 Å². The molecule has 0 saturated carbocycles. The molecular formula is C43H40N2O3Si2. The van der Waals surface area contributed by atoms with Crippen LogP contribution in [0.3, 0.4) is 0 Å². The molecule has 0 N–H and O–H groups in total. The van der Waals surface area contributed by atoms with E-state index in [0.29, 0.717) is 17.8 Å². The maximum Gasteiger partial charge on any atom is 0.380 e. The van der Waals surface area contributed by atoms with Crippen LogP contribution in [0.15, 0.2) is 192 Å². The van der Waals surface area contributed by atoms with E-state index in [1.54, 1.807) is 6.92 Å². The van der Waals surface area contributed by atoms with Crippen LogP contribution in [0.25, 0.3) is 0 Å². The molecule has 0 fully saturated rings. The Bertz CT molecular complexity index is 1830. The van der Waals surface area contributed by atoms with Crippen LogP contribution in [-0.2, 0) is 13.8 Å². The monoisotopic (exact) mass is 688 g/mol. The van der Waals surface area contributed by atoms with Crippen molar-refractivity contribution in [1.29, 1.82) is 0 Å². The van der Waals surface area contributed by atoms with Gasteiger partial charge in [-0.25, -0.2) is 0 Å². The highest BCUT2D eigenvalue weighted by Crippen LogP contribution is 2.14. The third-order valence-electron chi connectivity index (χ3n) is 8.64. The van der Waals surface area contributed by atoms with E-state index in [-0.39, 0.29) is 12.2 Å². The number of carbonyl (C=O) groups is 1. The first-order chi connectivity index (χ1) is 24.5. The Kier molecular flexibility index (Phi) is 11.1. The van der Waals surface area contributed by atoms with Gasteiger partial charge < -0.3 is 9.05 Å². The molecule has 0 atom stereocenters. The van der Waals surface area contributed by atoms with Gasteiger partial charge in [0, 0.05) is 12.8 Å². The molecule has 0 aromatic heterocycles. The minimum Gasteiger partial charge on any atom is -0.438 e. The number of oxime groups is 2. The number of nitrogens with zero attached hydrogens (tertiary/aromatic N) is 2. The van der Waals surface area contributed by atoms with Crippen molar-refractivity contribution < 1.29 is 13.8 Å². The molecule has 0 bridgehead atoms. The van der Waals surface area contributed by atoms with Crippen molar-refractivity contribution in [2.45, 2.75) is 26.7 Å². The van der Waals surface area contributed by atoms with Crippen LogP contribution in [0, 0.1) is 0 Å². The lowest BCUT2D eigenvalue weighted by Crippen LogP contribution is -2.68. The molecule has 0 heterocycles. The smallest absolute Gasteiger partial charge is 0.380 e. The van der Waals surface area contributed by atoms with Crippen molar-refractivity contribution in [3.05, 3.63) is 182 Å². The lowest BCUT2D eigenvalue weighted by molar-refractivity contribution is -0.115. The molecular weight excluding hydrogens is 649 g/mol. The summed E-state index contributed by atoms with van der Waals surface area (Å²) in [6, 6.07) is 61.8. The van der Waals surface area contributed by atoms with Crippen LogP contribution >= 0.6 is 0 Å². The second-order valence-corrected chi connectivity index (χ2v) is 18.8. The summed E-state index contributed by atoms with van der Waals surface area (Å²) >= 11 is 0. The number of carbonyl (C=O) groups excluding carboxylic acids is 1. The first-order valence-corrected chi connectivity index (χ1v) is 20.6. The maximum absolute atomic E-state index is 12.7. The van der Waals surface area contributed by atoms with E-state index in [1.807, 2.05) is 116 Å². The van der Waals surface area contributed by atoms with Crippen molar-refractivity contribution in [1.82, 2.24) is 0 Å². The predicted molar refractivity (Wildman–Crippen MR) is 211 cm³/mol. The van der Waals surface area contributed by atoms with Crippen LogP contribution in [0.1, 0.15) is 26.7 Å². The highest BCUT2D eigenvalue weighted by atomic mass is 28.4. The summed E-state index contributed by atoms with van der Waals surface area (Å²) in [5, 5.41) is 16.1. The van der Waals surface area contributed by atoms with Gasteiger partial charge in [0.1, 0.15) is 5.78 Å². The van der Waals surface area contributed by atoms with E-state index in [0.717, 1.165) is 31.1 Å². The lowest BCUT2D eigenvalue weighted by Gasteiger charge is -2.31. The van der Waals surface area contributed by atoms with Crippen LogP contribution in [0.5, 0.6) is 0 Å². The first kappa shape index (κ1) is 34.2. The van der Waals surface area contributed by atoms with Gasteiger partial charge in [-0.3, -0.25) is 4.79 Å². The average molecular weight is 689 g/mol. The molecule has 0 saturated heterocycles. The van der Waals surface area contributed by atoms with Crippen molar-refractivity contribution in [2.24, 2.45) is 10.3 Å². The minimum absolute atomic E-state index is 0.00551. The molecule has 0 spiro atoms. The molecule has 0 aliphatic carbocycles. The number of hydrogen-bond acceptors (Lipinski definition) is 5. The summed E-state index contributed by atoms with van der Waals surface area (Å²) in [5.74, 6) is -0.00551. The Balaban J connectivity index is 1.41. The molecule has 6 aromatic rings. The molecule has 0 amide bonds. The van der Waals surface area contributed by atoms with Gasteiger partial charge in [-0.05, 0) is 45.0 Å². The molecule has 5 nitrogen and oxygen atoms in total. The summed E-state index contributed by atoms with van der Waals surface area (Å²) in [7, 11) is -6.20. The Morgan fingerprint density at radius 1 is 0.420 bits per heavy atom. The lowest BCUT2D eigenvalue weighted by atomic mass is 10.1. The van der Waals surface area contributed by atoms with Crippen molar-refractivity contribution in [3.8, 4) is 0 Å². The zero-order chi connectivity index (χ0) is 34.7. The normalized spacial score (nSPS) is 12.3. The van der Waals surface area contributed by atoms with E-state index in [2.05, 4.69) is 72.8 Å². The van der Waals surface area contributed by atoms with E-state index in [4.69, 9.17) is 19.4 Å². The maximum atomic E-state index is 12.7. The van der Waals surface area contributed by atoms with Gasteiger partial charge in [0.2, 0.25) is 0 Å². The molecule has 7 heteroatoms. The molecule has 0 radical (unpaired) electrons. The number of hydrogen-bond donors (Lipinski definition) is 0. The zero-order valence-corrected chi connectivity index (χ0v) is 30.4. The molecule has 0 aliphatic heterocycles. The third kappa shape index (κ3) is 7.49. The summed E-state index contributed by atoms with van der Waals surface area (Å²) in [6.07, 6.45) is 0.444. The fourth-order valence-corrected chi connectivity index (χ4v) is 13.5. The van der Waals surface area contributed by atoms with Crippen LogP contribution in [0.4, 0.5) is 0 Å². The summed E-state index contributed by atoms with van der Waals surface area (Å²) in [5.41, 5.74) is 1.29. The third-order valence-corrected chi connectivity index (χ3v) is 16.3. The SMILES string of the molecule is CC(=O)CC(CC(C)=NO[Si](c1ccccc1)(c1ccccc1)c1ccccc1)=NO[Si](c1ccccc1)(c1ccccc1)c1ccccc1. The zero-order valence-electron chi connectivity index (χ0n) is 28.4. The second kappa shape index (κ2) is 16.2. The Hall–Kier alpha value is -5.64. The molecule has 0 unspecified atom stereocenters. The highest BCUT2D eigenvalue weighted by Gasteiger charge is 2.46. The quantitative estimate of drug-likeness (QED) is 0.0662. The summed E-state index contributed by atoms with van der Waals surface area (Å²) in [4.78, 5) is 12.7. The number of rotatable bonds is 14. The van der Waals surface area contributed by atoms with Gasteiger partial charge in [0.25, 0.3) is 0 Å². The van der Waals surface area contributed by atoms with Crippen molar-refractivity contribution in [3.63, 3.8) is 0 Å². The van der Waals surface area contributed by atoms with E-state index in [1.165, 1.54) is 0 Å². The standard InChI is InChI=1S/C43H40N2O3Si2/c1-35(44-47-49(38-21-9-3-10-22-38,39-23-11-4-12-24-39)40-25-13-5-14-26-40)33-37(34-36(2)46)45-48-50(41-27-15-6-16-28-41,42-29-17-7-18-30-42)43-31-19-8-20-32-43/h3-32H,33-34H2,1-2H3. The van der Waals surface area contributed by atoms with Crippen LogP contribution in [-0.4, -0.2) is 33.8 Å². The Morgan fingerprint density at radius 2 is 0.680 bits per heavy atom. The Labute approximate surface area is 296 Å². The highest BCUT2D eigenvalue weighted by molar-refractivity contribution is 7.07. The van der Waals surface area contributed by atoms with E-state index < -0.39 is 16.6 Å². The molecule has 248 valence electrons. The first-order valence-electron chi connectivity index (χ1n) is 16.8.